The molecule has 0 aromatic heterocycles. The van der Waals surface area contributed by atoms with Gasteiger partial charge in [-0.2, -0.15) is 0 Å². The number of hydrogen-bond donors (Lipinski definition) is 1. The summed E-state index contributed by atoms with van der Waals surface area (Å²) in [4.78, 5) is 36.5. The minimum Gasteiger partial charge on any atom is -0.493 e. The number of carbonyl (C=O) groups excluding carboxylic acids is 3. The second-order valence-corrected chi connectivity index (χ2v) is 5.65. The lowest BCUT2D eigenvalue weighted by molar-refractivity contribution is 0.0599. The molecule has 0 fully saturated rings. The van der Waals surface area contributed by atoms with Crippen molar-refractivity contribution in [2.75, 3.05) is 40.9 Å². The lowest BCUT2D eigenvalue weighted by Crippen LogP contribution is -2.15. The molecule has 0 saturated heterocycles. The van der Waals surface area contributed by atoms with Crippen LogP contribution in [0.2, 0.25) is 0 Å². The molecule has 0 heterocycles. The van der Waals surface area contributed by atoms with E-state index in [4.69, 9.17) is 14.2 Å². The van der Waals surface area contributed by atoms with Crippen LogP contribution in [0.15, 0.2) is 30.3 Å². The summed E-state index contributed by atoms with van der Waals surface area (Å²) in [5.41, 5.74) is 0.570. The molecule has 9 nitrogen and oxygen atoms in total. The van der Waals surface area contributed by atoms with Crippen molar-refractivity contribution in [2.24, 2.45) is 0 Å². The highest BCUT2D eigenvalue weighted by Gasteiger charge is 2.19. The second-order valence-electron chi connectivity index (χ2n) is 5.65. The van der Waals surface area contributed by atoms with Crippen LogP contribution >= 0.6 is 0 Å². The Morgan fingerprint density at radius 3 is 1.52 bits per heavy atom. The van der Waals surface area contributed by atoms with Crippen LogP contribution in [0.4, 0.5) is 5.69 Å². The lowest BCUT2D eigenvalue weighted by atomic mass is 10.1. The van der Waals surface area contributed by atoms with Crippen LogP contribution in [0, 0.1) is 0 Å². The zero-order chi connectivity index (χ0) is 21.6. The van der Waals surface area contributed by atoms with E-state index in [1.807, 2.05) is 0 Å². The van der Waals surface area contributed by atoms with E-state index in [0.29, 0.717) is 17.2 Å². The molecule has 0 saturated carbocycles. The summed E-state index contributed by atoms with van der Waals surface area (Å²) in [7, 11) is 6.73. The van der Waals surface area contributed by atoms with Crippen molar-refractivity contribution in [3.8, 4) is 17.2 Å². The van der Waals surface area contributed by atoms with Crippen molar-refractivity contribution in [1.82, 2.24) is 0 Å². The third kappa shape index (κ3) is 4.75. The number of anilines is 1. The average molecular weight is 403 g/mol. The Morgan fingerprint density at radius 1 is 0.655 bits per heavy atom. The van der Waals surface area contributed by atoms with Crippen LogP contribution in [0.5, 0.6) is 17.2 Å². The molecule has 2 rings (SSSR count). The fourth-order valence-corrected chi connectivity index (χ4v) is 2.59. The summed E-state index contributed by atoms with van der Waals surface area (Å²) in [5, 5.41) is 2.63. The van der Waals surface area contributed by atoms with Crippen LogP contribution in [0.3, 0.4) is 0 Å². The summed E-state index contributed by atoms with van der Waals surface area (Å²) in [6, 6.07) is 7.03. The number of amides is 1. The Kier molecular flexibility index (Phi) is 7.02. The maximum Gasteiger partial charge on any atom is 0.337 e. The van der Waals surface area contributed by atoms with Gasteiger partial charge in [-0.15, -0.1) is 0 Å². The van der Waals surface area contributed by atoms with Gasteiger partial charge in [0.1, 0.15) is 0 Å². The summed E-state index contributed by atoms with van der Waals surface area (Å²) in [6.07, 6.45) is 0. The maximum atomic E-state index is 12.8. The smallest absolute Gasteiger partial charge is 0.337 e. The fraction of sp³-hybridized carbons (Fsp3) is 0.250. The van der Waals surface area contributed by atoms with Crippen molar-refractivity contribution in [2.45, 2.75) is 0 Å². The third-order valence-corrected chi connectivity index (χ3v) is 3.96. The summed E-state index contributed by atoms with van der Waals surface area (Å²) in [5.74, 6) is -0.918. The number of nitrogens with one attached hydrogen (secondary N) is 1. The van der Waals surface area contributed by atoms with Crippen molar-refractivity contribution in [3.63, 3.8) is 0 Å². The first-order valence-electron chi connectivity index (χ1n) is 8.31. The Morgan fingerprint density at radius 2 is 1.14 bits per heavy atom. The van der Waals surface area contributed by atoms with Gasteiger partial charge in [0.2, 0.25) is 5.75 Å². The van der Waals surface area contributed by atoms with Gasteiger partial charge in [-0.05, 0) is 30.3 Å². The highest BCUT2D eigenvalue weighted by Crippen LogP contribution is 2.38. The van der Waals surface area contributed by atoms with Crippen LogP contribution in [-0.2, 0) is 9.47 Å². The second kappa shape index (κ2) is 9.45. The molecule has 0 aliphatic carbocycles. The number of methoxy groups -OCH3 is 5. The monoisotopic (exact) mass is 403 g/mol. The van der Waals surface area contributed by atoms with E-state index in [2.05, 4.69) is 14.8 Å². The molecule has 1 N–H and O–H groups in total. The van der Waals surface area contributed by atoms with Crippen LogP contribution in [0.1, 0.15) is 31.1 Å². The van der Waals surface area contributed by atoms with Gasteiger partial charge in [0.15, 0.2) is 11.5 Å². The highest BCUT2D eigenvalue weighted by molar-refractivity contribution is 6.06. The highest BCUT2D eigenvalue weighted by atomic mass is 16.5. The molecule has 0 radical (unpaired) electrons. The topological polar surface area (TPSA) is 109 Å². The Balaban J connectivity index is 2.44. The van der Waals surface area contributed by atoms with E-state index in [1.54, 1.807) is 0 Å². The van der Waals surface area contributed by atoms with Crippen LogP contribution in [0.25, 0.3) is 0 Å². The standard InChI is InChI=1S/C20H21NO8/c1-25-15-9-11(10-16(26-2)17(15)27-3)18(22)21-14-7-12(19(23)28-4)6-13(8-14)20(24)29-5/h6-10H,1-5H3,(H,21,22). The molecule has 29 heavy (non-hydrogen) atoms. The minimum atomic E-state index is -0.668. The molecular weight excluding hydrogens is 382 g/mol. The molecular formula is C20H21NO8. The third-order valence-electron chi connectivity index (χ3n) is 3.96. The average Bonchev–Trinajstić information content (AvgIpc) is 2.76. The first-order chi connectivity index (χ1) is 13.9. The van der Waals surface area contributed by atoms with Crippen molar-refractivity contribution >= 4 is 23.5 Å². The molecule has 9 heteroatoms. The Bertz CT molecular complexity index is 879. The molecule has 1 amide bonds. The molecule has 0 aliphatic heterocycles. The Labute approximate surface area is 167 Å². The zero-order valence-corrected chi connectivity index (χ0v) is 16.7. The summed E-state index contributed by atoms with van der Waals surface area (Å²) >= 11 is 0. The normalized spacial score (nSPS) is 9.97. The quantitative estimate of drug-likeness (QED) is 0.703. The molecule has 0 aliphatic rings. The van der Waals surface area contributed by atoms with Crippen molar-refractivity contribution < 1.29 is 38.1 Å². The van der Waals surface area contributed by atoms with Crippen LogP contribution in [-0.4, -0.2) is 53.4 Å². The number of hydrogen-bond acceptors (Lipinski definition) is 8. The van der Waals surface area contributed by atoms with Gasteiger partial charge in [0.25, 0.3) is 5.91 Å². The number of rotatable bonds is 7. The summed E-state index contributed by atoms with van der Waals surface area (Å²) < 4.78 is 25.1. The lowest BCUT2D eigenvalue weighted by Gasteiger charge is -2.14. The van der Waals surface area contributed by atoms with E-state index in [0.717, 1.165) is 0 Å². The molecule has 0 atom stereocenters. The van der Waals surface area contributed by atoms with Crippen molar-refractivity contribution in [1.29, 1.82) is 0 Å². The largest absolute Gasteiger partial charge is 0.493 e. The number of esters is 2. The summed E-state index contributed by atoms with van der Waals surface area (Å²) in [6.45, 7) is 0. The van der Waals surface area contributed by atoms with Crippen molar-refractivity contribution in [3.05, 3.63) is 47.0 Å². The molecule has 2 aromatic carbocycles. The van der Waals surface area contributed by atoms with E-state index < -0.39 is 17.8 Å². The predicted molar refractivity (Wildman–Crippen MR) is 103 cm³/mol. The fourth-order valence-electron chi connectivity index (χ4n) is 2.59. The number of ether oxygens (including phenoxy) is 5. The predicted octanol–water partition coefficient (Wildman–Crippen LogP) is 2.54. The van der Waals surface area contributed by atoms with Gasteiger partial charge in [-0.1, -0.05) is 0 Å². The SMILES string of the molecule is COC(=O)c1cc(NC(=O)c2cc(OC)c(OC)c(OC)c2)cc(C(=O)OC)c1. The van der Waals surface area contributed by atoms with E-state index in [9.17, 15) is 14.4 Å². The first kappa shape index (κ1) is 21.5. The van der Waals surface area contributed by atoms with E-state index in [-0.39, 0.29) is 22.4 Å². The first-order valence-corrected chi connectivity index (χ1v) is 8.31. The van der Waals surface area contributed by atoms with Gasteiger partial charge < -0.3 is 29.0 Å². The molecule has 2 aromatic rings. The number of benzene rings is 2. The molecule has 0 bridgehead atoms. The van der Waals surface area contributed by atoms with Gasteiger partial charge in [-0.3, -0.25) is 4.79 Å². The van der Waals surface area contributed by atoms with Gasteiger partial charge in [0.05, 0.1) is 46.7 Å². The van der Waals surface area contributed by atoms with Gasteiger partial charge >= 0.3 is 11.9 Å². The zero-order valence-electron chi connectivity index (χ0n) is 16.7. The molecule has 154 valence electrons. The Hall–Kier alpha value is -3.75. The van der Waals surface area contributed by atoms with E-state index >= 15 is 0 Å². The van der Waals surface area contributed by atoms with Crippen LogP contribution < -0.4 is 19.5 Å². The van der Waals surface area contributed by atoms with Gasteiger partial charge in [-0.25, -0.2) is 9.59 Å². The minimum absolute atomic E-state index is 0.0793. The maximum absolute atomic E-state index is 12.8. The van der Waals surface area contributed by atoms with E-state index in [1.165, 1.54) is 65.9 Å². The molecule has 0 unspecified atom stereocenters. The molecule has 0 spiro atoms. The van der Waals surface area contributed by atoms with Gasteiger partial charge in [0, 0.05) is 11.3 Å². The number of carbonyl (C=O) groups is 3.